The van der Waals surface area contributed by atoms with Gasteiger partial charge in [-0.3, -0.25) is 14.5 Å². The van der Waals surface area contributed by atoms with Crippen LogP contribution in [0, 0.1) is 0 Å². The van der Waals surface area contributed by atoms with E-state index in [0.29, 0.717) is 17.4 Å². The minimum atomic E-state index is -0.561. The maximum absolute atomic E-state index is 12.6. The van der Waals surface area contributed by atoms with E-state index in [1.165, 1.54) is 12.8 Å². The van der Waals surface area contributed by atoms with E-state index in [-0.39, 0.29) is 18.6 Å². The summed E-state index contributed by atoms with van der Waals surface area (Å²) in [6, 6.07) is 7.58. The van der Waals surface area contributed by atoms with E-state index < -0.39 is 5.91 Å². The number of piperidine rings is 1. The largest absolute Gasteiger partial charge is 0.483 e. The Kier molecular flexibility index (Phi) is 4.81. The van der Waals surface area contributed by atoms with E-state index in [1.54, 1.807) is 24.3 Å². The number of hydrogen-bond donors (Lipinski definition) is 2. The monoisotopic (exact) mass is 317 g/mol. The van der Waals surface area contributed by atoms with Gasteiger partial charge >= 0.3 is 0 Å². The molecule has 2 aliphatic rings. The van der Waals surface area contributed by atoms with Gasteiger partial charge in [-0.2, -0.15) is 0 Å². The molecule has 2 unspecified atom stereocenters. The molecule has 1 aromatic rings. The maximum atomic E-state index is 12.6. The van der Waals surface area contributed by atoms with Crippen LogP contribution in [0.25, 0.3) is 0 Å². The van der Waals surface area contributed by atoms with Gasteiger partial charge in [-0.05, 0) is 37.9 Å². The van der Waals surface area contributed by atoms with E-state index in [2.05, 4.69) is 10.2 Å². The van der Waals surface area contributed by atoms with E-state index in [9.17, 15) is 9.59 Å². The van der Waals surface area contributed by atoms with Gasteiger partial charge in [0.15, 0.2) is 6.61 Å². The summed E-state index contributed by atoms with van der Waals surface area (Å²) in [6.07, 6.45) is 4.61. The number of carbonyl (C=O) groups excluding carboxylic acids is 2. The third kappa shape index (κ3) is 3.64. The van der Waals surface area contributed by atoms with Crippen LogP contribution in [0.15, 0.2) is 24.3 Å². The lowest BCUT2D eigenvalue weighted by atomic mass is 9.98. The first-order valence-electron chi connectivity index (χ1n) is 8.20. The molecule has 3 rings (SSSR count). The SMILES string of the molecule is NC(=O)COc1ccccc1C(=O)NC1CCN2CCCCC12. The second kappa shape index (κ2) is 7.00. The number of primary amides is 1. The lowest BCUT2D eigenvalue weighted by Crippen LogP contribution is -2.46. The number of hydrogen-bond acceptors (Lipinski definition) is 4. The van der Waals surface area contributed by atoms with Gasteiger partial charge in [0, 0.05) is 18.6 Å². The Morgan fingerprint density at radius 2 is 2.04 bits per heavy atom. The Labute approximate surface area is 136 Å². The van der Waals surface area contributed by atoms with E-state index in [4.69, 9.17) is 10.5 Å². The van der Waals surface area contributed by atoms with Gasteiger partial charge in [-0.1, -0.05) is 18.6 Å². The number of amides is 2. The number of carbonyl (C=O) groups is 2. The van der Waals surface area contributed by atoms with E-state index >= 15 is 0 Å². The molecule has 2 heterocycles. The van der Waals surface area contributed by atoms with Gasteiger partial charge < -0.3 is 15.8 Å². The smallest absolute Gasteiger partial charge is 0.255 e. The fourth-order valence-electron chi connectivity index (χ4n) is 3.59. The van der Waals surface area contributed by atoms with Gasteiger partial charge in [0.05, 0.1) is 5.56 Å². The number of nitrogens with two attached hydrogens (primary N) is 1. The average Bonchev–Trinajstić information content (AvgIpc) is 2.96. The molecule has 0 spiro atoms. The van der Waals surface area contributed by atoms with E-state index in [1.807, 2.05) is 0 Å². The van der Waals surface area contributed by atoms with Crippen LogP contribution in [-0.4, -0.2) is 48.5 Å². The highest BCUT2D eigenvalue weighted by atomic mass is 16.5. The van der Waals surface area contributed by atoms with E-state index in [0.717, 1.165) is 25.9 Å². The van der Waals surface area contributed by atoms with Crippen molar-refractivity contribution in [2.75, 3.05) is 19.7 Å². The van der Waals surface area contributed by atoms with Crippen LogP contribution < -0.4 is 15.8 Å². The maximum Gasteiger partial charge on any atom is 0.255 e. The highest BCUT2D eigenvalue weighted by molar-refractivity contribution is 5.97. The molecule has 0 bridgehead atoms. The molecule has 124 valence electrons. The highest BCUT2D eigenvalue weighted by Crippen LogP contribution is 2.28. The number of rotatable bonds is 5. The van der Waals surface area contributed by atoms with Gasteiger partial charge in [-0.25, -0.2) is 0 Å². The summed E-state index contributed by atoms with van der Waals surface area (Å²) in [5.74, 6) is -0.321. The third-order valence-corrected chi connectivity index (χ3v) is 4.67. The van der Waals surface area contributed by atoms with Crippen LogP contribution in [0.1, 0.15) is 36.0 Å². The molecule has 23 heavy (non-hydrogen) atoms. The molecule has 2 atom stereocenters. The molecule has 1 aromatic carbocycles. The summed E-state index contributed by atoms with van der Waals surface area (Å²) in [4.78, 5) is 26.0. The lowest BCUT2D eigenvalue weighted by molar-refractivity contribution is -0.119. The predicted molar refractivity (Wildman–Crippen MR) is 86.2 cm³/mol. The van der Waals surface area contributed by atoms with Crippen LogP contribution in [-0.2, 0) is 4.79 Å². The van der Waals surface area contributed by atoms with Crippen molar-refractivity contribution >= 4 is 11.8 Å². The van der Waals surface area contributed by atoms with Crippen molar-refractivity contribution < 1.29 is 14.3 Å². The Bertz CT molecular complexity index is 590. The normalized spacial score (nSPS) is 24.0. The molecule has 0 saturated carbocycles. The fraction of sp³-hybridized carbons (Fsp3) is 0.529. The molecule has 0 radical (unpaired) electrons. The number of nitrogens with one attached hydrogen (secondary N) is 1. The molecule has 2 fully saturated rings. The lowest BCUT2D eigenvalue weighted by Gasteiger charge is -2.32. The summed E-state index contributed by atoms with van der Waals surface area (Å²) in [5, 5.41) is 3.15. The standard InChI is InChI=1S/C17H23N3O3/c18-16(21)11-23-15-7-2-1-5-12(15)17(22)19-13-8-10-20-9-4-3-6-14(13)20/h1-2,5,7,13-14H,3-4,6,8-11H2,(H2,18,21)(H,19,22). The summed E-state index contributed by atoms with van der Waals surface area (Å²) >= 11 is 0. The summed E-state index contributed by atoms with van der Waals surface area (Å²) in [6.45, 7) is 1.95. The zero-order valence-corrected chi connectivity index (χ0v) is 13.2. The zero-order valence-electron chi connectivity index (χ0n) is 13.2. The van der Waals surface area contributed by atoms with Gasteiger partial charge in [0.25, 0.3) is 11.8 Å². The van der Waals surface area contributed by atoms with Gasteiger partial charge in [0.2, 0.25) is 0 Å². The Balaban J connectivity index is 1.67. The van der Waals surface area contributed by atoms with Gasteiger partial charge in [0.1, 0.15) is 5.75 Å². The minimum Gasteiger partial charge on any atom is -0.483 e. The van der Waals surface area contributed by atoms with Crippen LogP contribution in [0.3, 0.4) is 0 Å². The fourth-order valence-corrected chi connectivity index (χ4v) is 3.59. The summed E-state index contributed by atoms with van der Waals surface area (Å²) in [7, 11) is 0. The second-order valence-electron chi connectivity index (χ2n) is 6.22. The first-order valence-corrected chi connectivity index (χ1v) is 8.20. The quantitative estimate of drug-likeness (QED) is 0.845. The predicted octanol–water partition coefficient (Wildman–Crippen LogP) is 0.907. The molecule has 6 nitrogen and oxygen atoms in total. The topological polar surface area (TPSA) is 84.7 Å². The number of ether oxygens (including phenoxy) is 1. The molecule has 2 saturated heterocycles. The third-order valence-electron chi connectivity index (χ3n) is 4.67. The Morgan fingerprint density at radius 3 is 2.87 bits per heavy atom. The molecule has 6 heteroatoms. The number of fused-ring (bicyclic) bond motifs is 1. The zero-order chi connectivity index (χ0) is 16.2. The summed E-state index contributed by atoms with van der Waals surface area (Å²) in [5.41, 5.74) is 5.55. The van der Waals surface area contributed by atoms with Crippen LogP contribution in [0.5, 0.6) is 5.75 Å². The molecule has 2 aliphatic heterocycles. The van der Waals surface area contributed by atoms with Crippen molar-refractivity contribution in [3.05, 3.63) is 29.8 Å². The van der Waals surface area contributed by atoms with Crippen LogP contribution in [0.2, 0.25) is 0 Å². The number of nitrogens with zero attached hydrogens (tertiary/aromatic N) is 1. The highest BCUT2D eigenvalue weighted by Gasteiger charge is 2.36. The minimum absolute atomic E-state index is 0.150. The number of benzene rings is 1. The van der Waals surface area contributed by atoms with Crippen LogP contribution in [0.4, 0.5) is 0 Å². The van der Waals surface area contributed by atoms with Crippen molar-refractivity contribution in [3.8, 4) is 5.75 Å². The molecular weight excluding hydrogens is 294 g/mol. The molecular formula is C17H23N3O3. The molecule has 2 amide bonds. The van der Waals surface area contributed by atoms with Crippen molar-refractivity contribution in [1.82, 2.24) is 10.2 Å². The van der Waals surface area contributed by atoms with Crippen molar-refractivity contribution in [3.63, 3.8) is 0 Å². The average molecular weight is 317 g/mol. The molecule has 3 N–H and O–H groups in total. The molecule has 0 aromatic heterocycles. The first kappa shape index (κ1) is 15.8. The Hall–Kier alpha value is -2.08. The van der Waals surface area contributed by atoms with Crippen molar-refractivity contribution in [2.45, 2.75) is 37.8 Å². The summed E-state index contributed by atoms with van der Waals surface area (Å²) < 4.78 is 5.35. The van der Waals surface area contributed by atoms with Crippen LogP contribution >= 0.6 is 0 Å². The molecule has 0 aliphatic carbocycles. The van der Waals surface area contributed by atoms with Crippen molar-refractivity contribution in [2.24, 2.45) is 5.73 Å². The second-order valence-corrected chi connectivity index (χ2v) is 6.22. The number of para-hydroxylation sites is 1. The van der Waals surface area contributed by atoms with Gasteiger partial charge in [-0.15, -0.1) is 0 Å². The van der Waals surface area contributed by atoms with Crippen molar-refractivity contribution in [1.29, 1.82) is 0 Å². The Morgan fingerprint density at radius 1 is 1.22 bits per heavy atom. The first-order chi connectivity index (χ1) is 11.1.